The second-order valence-corrected chi connectivity index (χ2v) is 3.90. The Balaban J connectivity index is 2.16. The third-order valence-corrected chi connectivity index (χ3v) is 2.41. The molecular weight excluding hydrogens is 245 g/mol. The zero-order valence-corrected chi connectivity index (χ0v) is 9.96. The molecule has 1 aromatic heterocycles. The fourth-order valence-electron chi connectivity index (χ4n) is 1.33. The summed E-state index contributed by atoms with van der Waals surface area (Å²) in [4.78, 5) is 0. The smallest absolute Gasteiger partial charge is 0.320 e. The van der Waals surface area contributed by atoms with Crippen LogP contribution in [0.5, 0.6) is 0 Å². The molecule has 0 radical (unpaired) electrons. The third-order valence-electron chi connectivity index (χ3n) is 2.22. The molecule has 0 unspecified atom stereocenters. The van der Waals surface area contributed by atoms with Crippen LogP contribution in [0.3, 0.4) is 0 Å². The summed E-state index contributed by atoms with van der Waals surface area (Å²) in [6, 6.07) is 4.68. The van der Waals surface area contributed by atoms with E-state index in [1.807, 2.05) is 6.92 Å². The van der Waals surface area contributed by atoms with Crippen molar-refractivity contribution in [1.82, 2.24) is 10.2 Å². The first-order valence-corrected chi connectivity index (χ1v) is 5.64. The molecule has 0 spiro atoms. The van der Waals surface area contributed by atoms with Crippen molar-refractivity contribution in [2.24, 2.45) is 0 Å². The van der Waals surface area contributed by atoms with Crippen LogP contribution in [0.2, 0.25) is 0 Å². The first-order valence-electron chi connectivity index (χ1n) is 5.10. The normalized spacial score (nSPS) is 10.5. The van der Waals surface area contributed by atoms with E-state index in [1.165, 1.54) is 12.1 Å². The van der Waals surface area contributed by atoms with Gasteiger partial charge in [-0.25, -0.2) is 4.39 Å². The van der Waals surface area contributed by atoms with Gasteiger partial charge in [0.25, 0.3) is 0 Å². The van der Waals surface area contributed by atoms with Crippen molar-refractivity contribution in [1.29, 1.82) is 0 Å². The van der Waals surface area contributed by atoms with Gasteiger partial charge in [-0.3, -0.25) is 0 Å². The van der Waals surface area contributed by atoms with Crippen LogP contribution in [-0.2, 0) is 6.42 Å². The van der Waals surface area contributed by atoms with Gasteiger partial charge < -0.3 is 9.73 Å². The number of alkyl halides is 1. The number of halogens is 2. The summed E-state index contributed by atoms with van der Waals surface area (Å²) in [6.07, 6.45) is 0.512. The van der Waals surface area contributed by atoms with Crippen LogP contribution in [-0.4, -0.2) is 16.1 Å². The highest BCUT2D eigenvalue weighted by atomic mass is 35.5. The van der Waals surface area contributed by atoms with E-state index in [1.54, 1.807) is 6.07 Å². The molecule has 0 atom stereocenters. The third kappa shape index (κ3) is 2.94. The lowest BCUT2D eigenvalue weighted by Crippen LogP contribution is -1.94. The van der Waals surface area contributed by atoms with Gasteiger partial charge in [0.1, 0.15) is 5.82 Å². The van der Waals surface area contributed by atoms with Crippen LogP contribution in [0.1, 0.15) is 11.5 Å². The van der Waals surface area contributed by atoms with Crippen LogP contribution < -0.4 is 5.32 Å². The van der Waals surface area contributed by atoms with E-state index in [4.69, 9.17) is 16.0 Å². The first kappa shape index (κ1) is 11.9. The molecule has 2 aromatic rings. The highest BCUT2D eigenvalue weighted by molar-refractivity contribution is 6.17. The summed E-state index contributed by atoms with van der Waals surface area (Å²) in [6.45, 7) is 1.86. The molecule has 0 saturated heterocycles. The Hall–Kier alpha value is -1.62. The fraction of sp³-hybridized carbons (Fsp3) is 0.273. The van der Waals surface area contributed by atoms with E-state index >= 15 is 0 Å². The SMILES string of the molecule is Cc1ccc(F)cc1Nc1nnc(CCCl)o1. The van der Waals surface area contributed by atoms with Gasteiger partial charge in [-0.2, -0.15) is 0 Å². The van der Waals surface area contributed by atoms with E-state index in [2.05, 4.69) is 15.5 Å². The lowest BCUT2D eigenvalue weighted by Gasteiger charge is -2.04. The maximum Gasteiger partial charge on any atom is 0.320 e. The van der Waals surface area contributed by atoms with Crippen LogP contribution >= 0.6 is 11.6 Å². The average molecular weight is 256 g/mol. The quantitative estimate of drug-likeness (QED) is 0.853. The van der Waals surface area contributed by atoms with Crippen molar-refractivity contribution in [2.75, 3.05) is 11.2 Å². The maximum absolute atomic E-state index is 13.1. The maximum atomic E-state index is 13.1. The van der Waals surface area contributed by atoms with E-state index in [0.717, 1.165) is 5.56 Å². The molecule has 2 rings (SSSR count). The van der Waals surface area contributed by atoms with Gasteiger partial charge in [0.2, 0.25) is 5.89 Å². The van der Waals surface area contributed by atoms with Crippen molar-refractivity contribution in [3.05, 3.63) is 35.5 Å². The van der Waals surface area contributed by atoms with Crippen LogP contribution in [0, 0.1) is 12.7 Å². The van der Waals surface area contributed by atoms with Crippen molar-refractivity contribution in [3.63, 3.8) is 0 Å². The van der Waals surface area contributed by atoms with Gasteiger partial charge >= 0.3 is 6.01 Å². The second kappa shape index (κ2) is 5.14. The van der Waals surface area contributed by atoms with Gasteiger partial charge in [-0.15, -0.1) is 16.7 Å². The minimum Gasteiger partial charge on any atom is -0.408 e. The molecule has 1 N–H and O–H groups in total. The Morgan fingerprint density at radius 3 is 3.00 bits per heavy atom. The second-order valence-electron chi connectivity index (χ2n) is 3.52. The van der Waals surface area contributed by atoms with Crippen molar-refractivity contribution in [2.45, 2.75) is 13.3 Å². The Morgan fingerprint density at radius 1 is 1.41 bits per heavy atom. The number of aryl methyl sites for hydroxylation is 2. The summed E-state index contributed by atoms with van der Waals surface area (Å²) in [5, 5.41) is 10.5. The standard InChI is InChI=1S/C11H11ClFN3O/c1-7-2-3-8(13)6-9(7)14-11-16-15-10(17-11)4-5-12/h2-3,6H,4-5H2,1H3,(H,14,16). The summed E-state index contributed by atoms with van der Waals surface area (Å²) in [5.74, 6) is 0.552. The molecule has 0 saturated carbocycles. The van der Waals surface area contributed by atoms with E-state index in [9.17, 15) is 4.39 Å². The number of benzene rings is 1. The van der Waals surface area contributed by atoms with E-state index in [0.29, 0.717) is 23.9 Å². The Morgan fingerprint density at radius 2 is 2.24 bits per heavy atom. The molecule has 0 amide bonds. The minimum absolute atomic E-state index is 0.235. The van der Waals surface area contributed by atoms with Gasteiger partial charge in [-0.1, -0.05) is 11.2 Å². The van der Waals surface area contributed by atoms with Crippen molar-refractivity contribution in [3.8, 4) is 0 Å². The summed E-state index contributed by atoms with van der Waals surface area (Å²) < 4.78 is 18.3. The highest BCUT2D eigenvalue weighted by Crippen LogP contribution is 2.20. The number of nitrogens with one attached hydrogen (secondary N) is 1. The first-order chi connectivity index (χ1) is 8.19. The predicted molar refractivity (Wildman–Crippen MR) is 63.1 cm³/mol. The van der Waals surface area contributed by atoms with Gasteiger partial charge in [0.15, 0.2) is 0 Å². The summed E-state index contributed by atoms with van der Waals surface area (Å²) in [5.41, 5.74) is 1.49. The number of hydrogen-bond acceptors (Lipinski definition) is 4. The van der Waals surface area contributed by atoms with Crippen molar-refractivity contribution >= 4 is 23.3 Å². The molecule has 4 nitrogen and oxygen atoms in total. The molecule has 0 fully saturated rings. The topological polar surface area (TPSA) is 51.0 Å². The largest absolute Gasteiger partial charge is 0.408 e. The monoisotopic (exact) mass is 255 g/mol. The molecule has 0 aliphatic rings. The average Bonchev–Trinajstić information content (AvgIpc) is 2.72. The van der Waals surface area contributed by atoms with Crippen molar-refractivity contribution < 1.29 is 8.81 Å². The lowest BCUT2D eigenvalue weighted by molar-refractivity contribution is 0.516. The number of aromatic nitrogens is 2. The Labute approximate surface area is 103 Å². The Kier molecular flexibility index (Phi) is 3.58. The van der Waals surface area contributed by atoms with Crippen LogP contribution in [0.15, 0.2) is 22.6 Å². The lowest BCUT2D eigenvalue weighted by atomic mass is 10.2. The zero-order valence-electron chi connectivity index (χ0n) is 9.20. The summed E-state index contributed by atoms with van der Waals surface area (Å²) >= 11 is 5.55. The van der Waals surface area contributed by atoms with E-state index < -0.39 is 0 Å². The van der Waals surface area contributed by atoms with Gasteiger partial charge in [0, 0.05) is 18.0 Å². The zero-order chi connectivity index (χ0) is 12.3. The molecule has 0 bridgehead atoms. The number of hydrogen-bond donors (Lipinski definition) is 1. The Bertz CT molecular complexity index is 515. The number of nitrogens with zero attached hydrogens (tertiary/aromatic N) is 2. The fourth-order valence-corrected chi connectivity index (χ4v) is 1.49. The molecule has 0 aliphatic carbocycles. The molecular formula is C11H11ClFN3O. The molecule has 0 aliphatic heterocycles. The molecule has 1 aromatic carbocycles. The number of rotatable bonds is 4. The van der Waals surface area contributed by atoms with E-state index in [-0.39, 0.29) is 11.8 Å². The summed E-state index contributed by atoms with van der Waals surface area (Å²) in [7, 11) is 0. The number of anilines is 2. The van der Waals surface area contributed by atoms with Crippen LogP contribution in [0.4, 0.5) is 16.1 Å². The molecule has 90 valence electrons. The molecule has 6 heteroatoms. The van der Waals surface area contributed by atoms with Gasteiger partial charge in [-0.05, 0) is 24.6 Å². The van der Waals surface area contributed by atoms with Crippen LogP contribution in [0.25, 0.3) is 0 Å². The minimum atomic E-state index is -0.321. The molecule has 17 heavy (non-hydrogen) atoms. The highest BCUT2D eigenvalue weighted by Gasteiger charge is 2.07. The van der Waals surface area contributed by atoms with Gasteiger partial charge in [0.05, 0.1) is 0 Å². The predicted octanol–water partition coefficient (Wildman–Crippen LogP) is 3.04. The molecule has 1 heterocycles.